The van der Waals surface area contributed by atoms with Crippen molar-refractivity contribution in [2.75, 3.05) is 0 Å². The van der Waals surface area contributed by atoms with Crippen LogP contribution in [0, 0.1) is 6.92 Å². The van der Waals surface area contributed by atoms with Crippen molar-refractivity contribution >= 4 is 22.3 Å². The van der Waals surface area contributed by atoms with E-state index in [1.807, 2.05) is 30.3 Å². The van der Waals surface area contributed by atoms with Crippen molar-refractivity contribution in [2.24, 2.45) is 10.2 Å². The quantitative estimate of drug-likeness (QED) is 0.530. The predicted molar refractivity (Wildman–Crippen MR) is 87.7 cm³/mol. The second-order valence-electron chi connectivity index (χ2n) is 5.57. The third-order valence-corrected chi connectivity index (χ3v) is 3.58. The number of azo groups is 1. The first-order valence-corrected chi connectivity index (χ1v) is 7.23. The number of rotatable bonds is 3. The van der Waals surface area contributed by atoms with Crippen LogP contribution in [0.3, 0.4) is 0 Å². The molecule has 0 unspecified atom stereocenters. The summed E-state index contributed by atoms with van der Waals surface area (Å²) >= 11 is 0. The lowest BCUT2D eigenvalue weighted by atomic mass is 10.2. The Balaban J connectivity index is 2.02. The standard InChI is InChI=1S/C18H19N3/c1-13(2)21-12-17(16-6-4-5-7-18(16)21)20-19-15-10-8-14(3)9-11-15/h4-13H,1-3H3/b20-19+. The molecule has 21 heavy (non-hydrogen) atoms. The molecule has 0 aliphatic carbocycles. The van der Waals surface area contributed by atoms with Gasteiger partial charge in [-0.25, -0.2) is 0 Å². The molecular weight excluding hydrogens is 258 g/mol. The highest BCUT2D eigenvalue weighted by atomic mass is 15.1. The largest absolute Gasteiger partial charge is 0.343 e. The predicted octanol–water partition coefficient (Wildman–Crippen LogP) is 5.95. The summed E-state index contributed by atoms with van der Waals surface area (Å²) in [7, 11) is 0. The molecule has 3 aromatic rings. The summed E-state index contributed by atoms with van der Waals surface area (Å²) in [5.74, 6) is 0. The Labute approximate surface area is 124 Å². The van der Waals surface area contributed by atoms with Crippen LogP contribution in [0.2, 0.25) is 0 Å². The van der Waals surface area contributed by atoms with E-state index in [1.54, 1.807) is 0 Å². The molecule has 1 heterocycles. The molecule has 0 fully saturated rings. The van der Waals surface area contributed by atoms with E-state index in [2.05, 4.69) is 60.0 Å². The molecule has 0 spiro atoms. The fourth-order valence-electron chi connectivity index (χ4n) is 2.42. The minimum absolute atomic E-state index is 0.401. The maximum Gasteiger partial charge on any atom is 0.111 e. The summed E-state index contributed by atoms with van der Waals surface area (Å²) in [6.07, 6.45) is 2.08. The second-order valence-corrected chi connectivity index (χ2v) is 5.57. The number of aryl methyl sites for hydroxylation is 1. The third kappa shape index (κ3) is 2.72. The molecule has 3 heteroatoms. The van der Waals surface area contributed by atoms with Crippen molar-refractivity contribution in [3.63, 3.8) is 0 Å². The van der Waals surface area contributed by atoms with E-state index in [-0.39, 0.29) is 0 Å². The number of para-hydroxylation sites is 1. The Bertz CT molecular complexity index is 780. The zero-order valence-electron chi connectivity index (χ0n) is 12.6. The smallest absolute Gasteiger partial charge is 0.111 e. The third-order valence-electron chi connectivity index (χ3n) is 3.58. The molecule has 0 saturated carbocycles. The Morgan fingerprint density at radius 1 is 0.905 bits per heavy atom. The van der Waals surface area contributed by atoms with Crippen molar-refractivity contribution in [1.29, 1.82) is 0 Å². The van der Waals surface area contributed by atoms with E-state index < -0.39 is 0 Å². The first kappa shape index (κ1) is 13.6. The van der Waals surface area contributed by atoms with Crippen molar-refractivity contribution in [1.82, 2.24) is 4.57 Å². The van der Waals surface area contributed by atoms with Gasteiger partial charge in [-0.15, -0.1) is 5.11 Å². The molecular formula is C18H19N3. The van der Waals surface area contributed by atoms with E-state index in [0.29, 0.717) is 6.04 Å². The van der Waals surface area contributed by atoms with Gasteiger partial charge in [0.15, 0.2) is 0 Å². The minimum atomic E-state index is 0.401. The molecule has 0 bridgehead atoms. The Morgan fingerprint density at radius 3 is 2.33 bits per heavy atom. The number of hydrogen-bond donors (Lipinski definition) is 0. The van der Waals surface area contributed by atoms with Crippen LogP contribution in [-0.2, 0) is 0 Å². The monoisotopic (exact) mass is 277 g/mol. The van der Waals surface area contributed by atoms with E-state index in [0.717, 1.165) is 16.8 Å². The molecule has 0 aliphatic heterocycles. The van der Waals surface area contributed by atoms with Crippen LogP contribution in [0.4, 0.5) is 11.4 Å². The number of hydrogen-bond acceptors (Lipinski definition) is 2. The fraction of sp³-hybridized carbons (Fsp3) is 0.222. The average molecular weight is 277 g/mol. The first-order chi connectivity index (χ1) is 10.1. The van der Waals surface area contributed by atoms with Crippen molar-refractivity contribution in [3.8, 4) is 0 Å². The summed E-state index contributed by atoms with van der Waals surface area (Å²) in [6.45, 7) is 6.41. The molecule has 1 aromatic heterocycles. The molecule has 3 nitrogen and oxygen atoms in total. The molecule has 0 atom stereocenters. The minimum Gasteiger partial charge on any atom is -0.343 e. The van der Waals surface area contributed by atoms with Crippen molar-refractivity contribution in [3.05, 3.63) is 60.3 Å². The summed E-state index contributed by atoms with van der Waals surface area (Å²) in [5, 5.41) is 9.93. The average Bonchev–Trinajstić information content (AvgIpc) is 2.86. The van der Waals surface area contributed by atoms with Crippen molar-refractivity contribution in [2.45, 2.75) is 26.8 Å². The van der Waals surface area contributed by atoms with Crippen LogP contribution in [-0.4, -0.2) is 4.57 Å². The van der Waals surface area contributed by atoms with Gasteiger partial charge in [0.1, 0.15) is 5.69 Å². The van der Waals surface area contributed by atoms with Crippen LogP contribution >= 0.6 is 0 Å². The number of fused-ring (bicyclic) bond motifs is 1. The Hall–Kier alpha value is -2.42. The van der Waals surface area contributed by atoms with E-state index >= 15 is 0 Å². The lowest BCUT2D eigenvalue weighted by Gasteiger charge is -2.07. The molecule has 0 amide bonds. The van der Waals surface area contributed by atoms with Gasteiger partial charge in [-0.3, -0.25) is 0 Å². The molecule has 0 radical (unpaired) electrons. The van der Waals surface area contributed by atoms with E-state index in [9.17, 15) is 0 Å². The topological polar surface area (TPSA) is 29.6 Å². The van der Waals surface area contributed by atoms with Gasteiger partial charge in [0.2, 0.25) is 0 Å². The Kier molecular flexibility index (Phi) is 3.57. The molecule has 3 rings (SSSR count). The van der Waals surface area contributed by atoms with Gasteiger partial charge in [0.25, 0.3) is 0 Å². The molecule has 106 valence electrons. The van der Waals surface area contributed by atoms with Crippen LogP contribution < -0.4 is 0 Å². The van der Waals surface area contributed by atoms with Gasteiger partial charge in [-0.2, -0.15) is 5.11 Å². The van der Waals surface area contributed by atoms with Crippen LogP contribution in [0.1, 0.15) is 25.5 Å². The molecule has 0 N–H and O–H groups in total. The maximum absolute atomic E-state index is 4.44. The molecule has 0 saturated heterocycles. The first-order valence-electron chi connectivity index (χ1n) is 7.23. The summed E-state index contributed by atoms with van der Waals surface area (Å²) in [5.41, 5.74) is 4.22. The lowest BCUT2D eigenvalue weighted by molar-refractivity contribution is 0.623. The van der Waals surface area contributed by atoms with E-state index in [4.69, 9.17) is 0 Å². The normalized spacial score (nSPS) is 11.8. The van der Waals surface area contributed by atoms with Gasteiger partial charge in [0, 0.05) is 17.6 Å². The number of aromatic nitrogens is 1. The van der Waals surface area contributed by atoms with Gasteiger partial charge in [-0.05, 0) is 39.0 Å². The zero-order chi connectivity index (χ0) is 14.8. The number of benzene rings is 2. The van der Waals surface area contributed by atoms with Gasteiger partial charge in [0.05, 0.1) is 11.2 Å². The number of nitrogens with zero attached hydrogens (tertiary/aromatic N) is 3. The maximum atomic E-state index is 4.44. The van der Waals surface area contributed by atoms with Gasteiger partial charge < -0.3 is 4.57 Å². The van der Waals surface area contributed by atoms with Crippen LogP contribution in [0.25, 0.3) is 10.9 Å². The molecule has 0 aliphatic rings. The highest BCUT2D eigenvalue weighted by Crippen LogP contribution is 2.31. The fourth-order valence-corrected chi connectivity index (χ4v) is 2.42. The summed E-state index contributed by atoms with van der Waals surface area (Å²) < 4.78 is 2.23. The van der Waals surface area contributed by atoms with Crippen molar-refractivity contribution < 1.29 is 0 Å². The summed E-state index contributed by atoms with van der Waals surface area (Å²) in [6, 6.07) is 16.8. The second kappa shape index (κ2) is 5.52. The van der Waals surface area contributed by atoms with Gasteiger partial charge in [-0.1, -0.05) is 35.9 Å². The molecule has 2 aromatic carbocycles. The lowest BCUT2D eigenvalue weighted by Crippen LogP contribution is -1.97. The van der Waals surface area contributed by atoms with Crippen LogP contribution in [0.15, 0.2) is 65.0 Å². The SMILES string of the molecule is Cc1ccc(/N=N/c2cn(C(C)C)c3ccccc23)cc1. The highest BCUT2D eigenvalue weighted by molar-refractivity contribution is 5.91. The Morgan fingerprint density at radius 2 is 1.62 bits per heavy atom. The summed E-state index contributed by atoms with van der Waals surface area (Å²) in [4.78, 5) is 0. The zero-order valence-corrected chi connectivity index (χ0v) is 12.6. The van der Waals surface area contributed by atoms with E-state index in [1.165, 1.54) is 11.1 Å². The highest BCUT2D eigenvalue weighted by Gasteiger charge is 2.09. The van der Waals surface area contributed by atoms with Crippen LogP contribution in [0.5, 0.6) is 0 Å². The van der Waals surface area contributed by atoms with Gasteiger partial charge >= 0.3 is 0 Å².